The smallest absolute Gasteiger partial charge is 0.262 e. The van der Waals surface area contributed by atoms with E-state index in [0.29, 0.717) is 22.6 Å². The fourth-order valence-corrected chi connectivity index (χ4v) is 3.95. The van der Waals surface area contributed by atoms with Crippen molar-refractivity contribution in [1.29, 1.82) is 0 Å². The zero-order valence-corrected chi connectivity index (χ0v) is 17.5. The van der Waals surface area contributed by atoms with Crippen molar-refractivity contribution in [3.05, 3.63) is 82.7 Å². The number of hydrogen-bond acceptors (Lipinski definition) is 4. The second kappa shape index (κ2) is 9.56. The Kier molecular flexibility index (Phi) is 6.88. The second-order valence-electron chi connectivity index (χ2n) is 6.84. The largest absolute Gasteiger partial charge is 0.349 e. The van der Waals surface area contributed by atoms with Crippen LogP contribution in [0.5, 0.6) is 0 Å². The molecule has 0 aliphatic carbocycles. The Bertz CT molecular complexity index is 1070. The number of rotatable bonds is 8. The maximum atomic E-state index is 12.8. The lowest BCUT2D eigenvalue weighted by atomic mass is 10.0. The predicted molar refractivity (Wildman–Crippen MR) is 119 cm³/mol. The standard InChI is InChI=1S/C23H25N3O2S/c1-4-14-26-22(28)18-8-6-7-9-20(18)25-23(26)29-15-21(27)24-19(5-2)17-12-10-16(3)11-13-17/h4,6-13,19H,1,5,14-15H2,2-3H3,(H,24,27)/t19-/m0/s1. The Morgan fingerprint density at radius 3 is 2.66 bits per heavy atom. The minimum Gasteiger partial charge on any atom is -0.349 e. The summed E-state index contributed by atoms with van der Waals surface area (Å²) in [7, 11) is 0. The number of aryl methyl sites for hydroxylation is 1. The van der Waals surface area contributed by atoms with Crippen molar-refractivity contribution in [3.63, 3.8) is 0 Å². The van der Waals surface area contributed by atoms with Crippen LogP contribution in [-0.4, -0.2) is 21.2 Å². The zero-order valence-electron chi connectivity index (χ0n) is 16.7. The van der Waals surface area contributed by atoms with Crippen LogP contribution in [0.3, 0.4) is 0 Å². The zero-order chi connectivity index (χ0) is 20.8. The molecule has 0 fully saturated rings. The predicted octanol–water partition coefficient (Wildman–Crippen LogP) is 4.25. The van der Waals surface area contributed by atoms with E-state index in [-0.39, 0.29) is 23.3 Å². The first-order valence-corrected chi connectivity index (χ1v) is 10.6. The lowest BCUT2D eigenvalue weighted by Crippen LogP contribution is -2.30. The topological polar surface area (TPSA) is 64.0 Å². The molecular weight excluding hydrogens is 382 g/mol. The number of nitrogens with zero attached hydrogens (tertiary/aromatic N) is 2. The van der Waals surface area contributed by atoms with Crippen LogP contribution in [0.25, 0.3) is 10.9 Å². The Labute approximate surface area is 174 Å². The molecule has 5 nitrogen and oxygen atoms in total. The number of amides is 1. The van der Waals surface area contributed by atoms with Gasteiger partial charge in [0.25, 0.3) is 5.56 Å². The highest BCUT2D eigenvalue weighted by Crippen LogP contribution is 2.20. The molecule has 2 aromatic carbocycles. The number of thioether (sulfide) groups is 1. The van der Waals surface area contributed by atoms with Crippen LogP contribution in [0.4, 0.5) is 0 Å². The summed E-state index contributed by atoms with van der Waals surface area (Å²) < 4.78 is 1.56. The van der Waals surface area contributed by atoms with E-state index in [1.54, 1.807) is 16.7 Å². The molecule has 0 unspecified atom stereocenters. The van der Waals surface area contributed by atoms with Crippen LogP contribution < -0.4 is 10.9 Å². The van der Waals surface area contributed by atoms with Crippen molar-refractivity contribution in [1.82, 2.24) is 14.9 Å². The fourth-order valence-electron chi connectivity index (χ4n) is 3.13. The third kappa shape index (κ3) is 4.95. The molecule has 1 N–H and O–H groups in total. The second-order valence-corrected chi connectivity index (χ2v) is 7.79. The van der Waals surface area contributed by atoms with Gasteiger partial charge in [0.15, 0.2) is 5.16 Å². The summed E-state index contributed by atoms with van der Waals surface area (Å²) in [6, 6.07) is 15.4. The molecular formula is C23H25N3O2S. The van der Waals surface area contributed by atoms with Gasteiger partial charge >= 0.3 is 0 Å². The van der Waals surface area contributed by atoms with Crippen molar-refractivity contribution >= 4 is 28.6 Å². The van der Waals surface area contributed by atoms with Gasteiger partial charge in [0.2, 0.25) is 5.91 Å². The summed E-state index contributed by atoms with van der Waals surface area (Å²) in [5.74, 6) is 0.0968. The molecule has 0 aliphatic heterocycles. The molecule has 0 saturated heterocycles. The number of para-hydroxylation sites is 1. The lowest BCUT2D eigenvalue weighted by Gasteiger charge is -2.18. The van der Waals surface area contributed by atoms with E-state index in [1.165, 1.54) is 17.3 Å². The molecule has 3 aromatic rings. The van der Waals surface area contributed by atoms with Gasteiger partial charge in [-0.3, -0.25) is 14.2 Å². The number of hydrogen-bond donors (Lipinski definition) is 1. The van der Waals surface area contributed by atoms with Crippen molar-refractivity contribution in [3.8, 4) is 0 Å². The average Bonchev–Trinajstić information content (AvgIpc) is 2.73. The normalized spacial score (nSPS) is 11.9. The van der Waals surface area contributed by atoms with E-state index in [1.807, 2.05) is 56.3 Å². The first-order chi connectivity index (χ1) is 14.0. The van der Waals surface area contributed by atoms with Gasteiger partial charge in [-0.05, 0) is 31.0 Å². The van der Waals surface area contributed by atoms with Crippen LogP contribution in [0.15, 0.2) is 71.1 Å². The van der Waals surface area contributed by atoms with Gasteiger partial charge in [-0.2, -0.15) is 0 Å². The van der Waals surface area contributed by atoms with E-state index >= 15 is 0 Å². The Morgan fingerprint density at radius 2 is 1.97 bits per heavy atom. The van der Waals surface area contributed by atoms with Gasteiger partial charge < -0.3 is 5.32 Å². The maximum absolute atomic E-state index is 12.8. The highest BCUT2D eigenvalue weighted by Gasteiger charge is 2.15. The van der Waals surface area contributed by atoms with E-state index in [9.17, 15) is 9.59 Å². The van der Waals surface area contributed by atoms with Crippen molar-refractivity contribution < 1.29 is 4.79 Å². The third-order valence-electron chi connectivity index (χ3n) is 4.69. The van der Waals surface area contributed by atoms with E-state index in [2.05, 4.69) is 16.9 Å². The quantitative estimate of drug-likeness (QED) is 0.344. The Balaban J connectivity index is 1.76. The molecule has 6 heteroatoms. The van der Waals surface area contributed by atoms with Crippen LogP contribution in [-0.2, 0) is 11.3 Å². The Morgan fingerprint density at radius 1 is 1.24 bits per heavy atom. The molecule has 150 valence electrons. The van der Waals surface area contributed by atoms with Crippen LogP contribution >= 0.6 is 11.8 Å². The van der Waals surface area contributed by atoms with Gasteiger partial charge in [-0.15, -0.1) is 6.58 Å². The van der Waals surface area contributed by atoms with Gasteiger partial charge in [0, 0.05) is 6.54 Å². The molecule has 1 amide bonds. The SMILES string of the molecule is C=CCn1c(SCC(=O)N[C@@H](CC)c2ccc(C)cc2)nc2ccccc2c1=O. The van der Waals surface area contributed by atoms with Crippen molar-refractivity contribution in [2.45, 2.75) is 38.0 Å². The van der Waals surface area contributed by atoms with Gasteiger partial charge in [-0.25, -0.2) is 4.98 Å². The molecule has 1 aromatic heterocycles. The molecule has 1 heterocycles. The number of fused-ring (bicyclic) bond motifs is 1. The molecule has 0 spiro atoms. The molecule has 1 atom stereocenters. The summed E-state index contributed by atoms with van der Waals surface area (Å²) in [4.78, 5) is 30.0. The summed E-state index contributed by atoms with van der Waals surface area (Å²) in [5, 5.41) is 4.16. The fraction of sp³-hybridized carbons (Fsp3) is 0.261. The van der Waals surface area contributed by atoms with Crippen LogP contribution in [0.1, 0.15) is 30.5 Å². The summed E-state index contributed by atoms with van der Waals surface area (Å²) in [6.07, 6.45) is 2.46. The maximum Gasteiger partial charge on any atom is 0.262 e. The van der Waals surface area contributed by atoms with Crippen LogP contribution in [0.2, 0.25) is 0 Å². The first kappa shape index (κ1) is 20.9. The summed E-state index contributed by atoms with van der Waals surface area (Å²) in [6.45, 7) is 8.16. The number of carbonyl (C=O) groups is 1. The van der Waals surface area contributed by atoms with Gasteiger partial charge in [0.05, 0.1) is 22.7 Å². The summed E-state index contributed by atoms with van der Waals surface area (Å²) >= 11 is 1.27. The minimum atomic E-state index is -0.121. The number of benzene rings is 2. The Hall–Kier alpha value is -2.86. The minimum absolute atomic E-state index is 0.0383. The number of nitrogens with one attached hydrogen (secondary N) is 1. The van der Waals surface area contributed by atoms with Crippen molar-refractivity contribution in [2.24, 2.45) is 0 Å². The molecule has 0 saturated carbocycles. The number of allylic oxidation sites excluding steroid dienone is 1. The van der Waals surface area contributed by atoms with Gasteiger partial charge in [-0.1, -0.05) is 66.7 Å². The number of carbonyl (C=O) groups excluding carboxylic acids is 1. The van der Waals surface area contributed by atoms with Crippen LogP contribution in [0, 0.1) is 6.92 Å². The first-order valence-electron chi connectivity index (χ1n) is 9.62. The average molecular weight is 408 g/mol. The van der Waals surface area contributed by atoms with Gasteiger partial charge in [0.1, 0.15) is 0 Å². The summed E-state index contributed by atoms with van der Waals surface area (Å²) in [5.41, 5.74) is 2.79. The van der Waals surface area contributed by atoms with E-state index < -0.39 is 0 Å². The molecule has 0 bridgehead atoms. The molecule has 3 rings (SSSR count). The van der Waals surface area contributed by atoms with E-state index in [0.717, 1.165) is 12.0 Å². The molecule has 0 aliphatic rings. The number of aromatic nitrogens is 2. The third-order valence-corrected chi connectivity index (χ3v) is 5.67. The highest BCUT2D eigenvalue weighted by atomic mass is 32.2. The lowest BCUT2D eigenvalue weighted by molar-refractivity contribution is -0.119. The molecule has 0 radical (unpaired) electrons. The molecule has 29 heavy (non-hydrogen) atoms. The monoisotopic (exact) mass is 407 g/mol. The highest BCUT2D eigenvalue weighted by molar-refractivity contribution is 7.99. The van der Waals surface area contributed by atoms with E-state index in [4.69, 9.17) is 0 Å². The van der Waals surface area contributed by atoms with Crippen molar-refractivity contribution in [2.75, 3.05) is 5.75 Å².